The summed E-state index contributed by atoms with van der Waals surface area (Å²) in [6.07, 6.45) is -0.104. The lowest BCUT2D eigenvalue weighted by Gasteiger charge is -2.41. The monoisotopic (exact) mass is 228 g/mol. The van der Waals surface area contributed by atoms with Gasteiger partial charge in [0.15, 0.2) is 6.29 Å². The summed E-state index contributed by atoms with van der Waals surface area (Å²) >= 11 is 0. The quantitative estimate of drug-likeness (QED) is 0.703. The van der Waals surface area contributed by atoms with Gasteiger partial charge in [-0.25, -0.2) is 0 Å². The Labute approximate surface area is 96.6 Å². The second kappa shape index (κ2) is 6.16. The fourth-order valence-electron chi connectivity index (χ4n) is 1.97. The first-order valence-electron chi connectivity index (χ1n) is 5.54. The SMILES string of the molecule is C[C@@H]1C[C@H](N(C)C)[C@@H](OCCC#N)[C@H](O)O1. The Kier molecular flexibility index (Phi) is 5.16. The van der Waals surface area contributed by atoms with Crippen molar-refractivity contribution in [1.29, 1.82) is 5.26 Å². The first-order chi connectivity index (χ1) is 7.56. The van der Waals surface area contributed by atoms with E-state index in [0.29, 0.717) is 13.0 Å². The second-order valence-corrected chi connectivity index (χ2v) is 4.35. The highest BCUT2D eigenvalue weighted by Crippen LogP contribution is 2.24. The summed E-state index contributed by atoms with van der Waals surface area (Å²) in [5, 5.41) is 18.2. The summed E-state index contributed by atoms with van der Waals surface area (Å²) in [7, 11) is 3.91. The van der Waals surface area contributed by atoms with Crippen molar-refractivity contribution in [3.05, 3.63) is 0 Å². The van der Waals surface area contributed by atoms with Crippen LogP contribution in [0.25, 0.3) is 0 Å². The number of aliphatic hydroxyl groups is 1. The summed E-state index contributed by atoms with van der Waals surface area (Å²) in [4.78, 5) is 2.03. The zero-order chi connectivity index (χ0) is 12.1. The van der Waals surface area contributed by atoms with E-state index < -0.39 is 6.29 Å². The molecule has 0 radical (unpaired) electrons. The predicted molar refractivity (Wildman–Crippen MR) is 58.6 cm³/mol. The molecule has 0 amide bonds. The highest BCUT2D eigenvalue weighted by Gasteiger charge is 2.38. The Morgan fingerprint density at radius 3 is 2.81 bits per heavy atom. The molecule has 5 nitrogen and oxygen atoms in total. The number of nitrogens with zero attached hydrogens (tertiary/aromatic N) is 2. The molecule has 0 saturated carbocycles. The van der Waals surface area contributed by atoms with E-state index in [1.54, 1.807) is 0 Å². The maximum absolute atomic E-state index is 9.80. The Hall–Kier alpha value is -0.670. The highest BCUT2D eigenvalue weighted by molar-refractivity contribution is 4.86. The van der Waals surface area contributed by atoms with Crippen LogP contribution in [-0.2, 0) is 9.47 Å². The van der Waals surface area contributed by atoms with E-state index in [1.807, 2.05) is 32.0 Å². The summed E-state index contributed by atoms with van der Waals surface area (Å²) in [6.45, 7) is 2.27. The largest absolute Gasteiger partial charge is 0.370 e. The molecule has 1 saturated heterocycles. The summed E-state index contributed by atoms with van der Waals surface area (Å²) in [6, 6.07) is 2.14. The van der Waals surface area contributed by atoms with Gasteiger partial charge in [0.2, 0.25) is 0 Å². The third-order valence-corrected chi connectivity index (χ3v) is 2.79. The number of ether oxygens (including phenoxy) is 2. The first-order valence-corrected chi connectivity index (χ1v) is 5.54. The van der Waals surface area contributed by atoms with Crippen LogP contribution in [0.2, 0.25) is 0 Å². The van der Waals surface area contributed by atoms with Gasteiger partial charge in [0.05, 0.1) is 25.2 Å². The number of aliphatic hydroxyl groups excluding tert-OH is 1. The molecule has 0 aromatic heterocycles. The van der Waals surface area contributed by atoms with Crippen molar-refractivity contribution in [2.24, 2.45) is 0 Å². The van der Waals surface area contributed by atoms with Crippen LogP contribution >= 0.6 is 0 Å². The van der Waals surface area contributed by atoms with E-state index in [0.717, 1.165) is 6.42 Å². The van der Waals surface area contributed by atoms with E-state index in [1.165, 1.54) is 0 Å². The topological polar surface area (TPSA) is 65.7 Å². The highest BCUT2D eigenvalue weighted by atomic mass is 16.6. The number of likely N-dealkylation sites (N-methyl/N-ethyl adjacent to an activating group) is 1. The number of hydrogen-bond donors (Lipinski definition) is 1. The molecule has 1 rings (SSSR count). The fraction of sp³-hybridized carbons (Fsp3) is 0.909. The lowest BCUT2D eigenvalue weighted by molar-refractivity contribution is -0.243. The maximum Gasteiger partial charge on any atom is 0.182 e. The molecule has 1 aliphatic heterocycles. The van der Waals surface area contributed by atoms with E-state index in [9.17, 15) is 5.11 Å². The van der Waals surface area contributed by atoms with Crippen LogP contribution in [0.4, 0.5) is 0 Å². The van der Waals surface area contributed by atoms with E-state index in [-0.39, 0.29) is 18.2 Å². The van der Waals surface area contributed by atoms with Gasteiger partial charge in [-0.2, -0.15) is 5.26 Å². The van der Waals surface area contributed by atoms with Crippen LogP contribution in [-0.4, -0.2) is 55.2 Å². The van der Waals surface area contributed by atoms with E-state index in [2.05, 4.69) is 0 Å². The molecule has 1 fully saturated rings. The van der Waals surface area contributed by atoms with Gasteiger partial charge in [0, 0.05) is 6.04 Å². The lowest BCUT2D eigenvalue weighted by atomic mass is 9.99. The van der Waals surface area contributed by atoms with Crippen LogP contribution in [0.15, 0.2) is 0 Å². The average molecular weight is 228 g/mol. The van der Waals surface area contributed by atoms with Crippen molar-refractivity contribution in [2.45, 2.75) is 44.3 Å². The molecule has 0 aromatic rings. The molecule has 16 heavy (non-hydrogen) atoms. The molecule has 5 heteroatoms. The molecule has 1 aliphatic rings. The standard InChI is InChI=1S/C11H20N2O3/c1-8-7-9(13(2)3)10(11(14)16-8)15-6-4-5-12/h8-11,14H,4,6-7H2,1-3H3/t8-,9+,10-,11-/m1/s1. The van der Waals surface area contributed by atoms with Crippen LogP contribution < -0.4 is 0 Å². The van der Waals surface area contributed by atoms with Crippen molar-refractivity contribution in [3.8, 4) is 6.07 Å². The predicted octanol–water partition coefficient (Wildman–Crippen LogP) is 0.343. The molecule has 1 N–H and O–H groups in total. The lowest BCUT2D eigenvalue weighted by Crippen LogP contribution is -2.54. The molecule has 0 spiro atoms. The normalized spacial score (nSPS) is 35.0. The molecule has 0 unspecified atom stereocenters. The minimum atomic E-state index is -0.908. The van der Waals surface area contributed by atoms with E-state index >= 15 is 0 Å². The molecular formula is C11H20N2O3. The maximum atomic E-state index is 9.80. The van der Waals surface area contributed by atoms with Crippen molar-refractivity contribution in [3.63, 3.8) is 0 Å². The fourth-order valence-corrected chi connectivity index (χ4v) is 1.97. The second-order valence-electron chi connectivity index (χ2n) is 4.35. The molecule has 4 atom stereocenters. The summed E-state index contributed by atoms with van der Waals surface area (Å²) in [5.74, 6) is 0. The Bertz CT molecular complexity index is 252. The minimum absolute atomic E-state index is 0.0261. The average Bonchev–Trinajstić information content (AvgIpc) is 2.20. The minimum Gasteiger partial charge on any atom is -0.370 e. The van der Waals surface area contributed by atoms with Crippen LogP contribution in [0.3, 0.4) is 0 Å². The van der Waals surface area contributed by atoms with Crippen molar-refractivity contribution in [1.82, 2.24) is 4.90 Å². The van der Waals surface area contributed by atoms with Crippen molar-refractivity contribution in [2.75, 3.05) is 20.7 Å². The number of rotatable bonds is 4. The zero-order valence-electron chi connectivity index (χ0n) is 10.1. The number of nitriles is 1. The third kappa shape index (κ3) is 3.42. The molecule has 0 aliphatic carbocycles. The van der Waals surface area contributed by atoms with Gasteiger partial charge in [-0.15, -0.1) is 0 Å². The molecule has 0 bridgehead atoms. The van der Waals surface area contributed by atoms with Gasteiger partial charge in [0.25, 0.3) is 0 Å². The number of hydrogen-bond acceptors (Lipinski definition) is 5. The van der Waals surface area contributed by atoms with Crippen LogP contribution in [0.5, 0.6) is 0 Å². The van der Waals surface area contributed by atoms with Crippen molar-refractivity contribution >= 4 is 0 Å². The van der Waals surface area contributed by atoms with Crippen molar-refractivity contribution < 1.29 is 14.6 Å². The van der Waals surface area contributed by atoms with Gasteiger partial charge in [-0.3, -0.25) is 0 Å². The summed E-state index contributed by atoms with van der Waals surface area (Å²) < 4.78 is 10.8. The Morgan fingerprint density at radius 1 is 1.56 bits per heavy atom. The van der Waals surface area contributed by atoms with Gasteiger partial charge in [-0.05, 0) is 27.4 Å². The summed E-state index contributed by atoms with van der Waals surface area (Å²) in [5.41, 5.74) is 0. The molecule has 92 valence electrons. The smallest absolute Gasteiger partial charge is 0.182 e. The molecule has 0 aromatic carbocycles. The third-order valence-electron chi connectivity index (χ3n) is 2.79. The van der Waals surface area contributed by atoms with Gasteiger partial charge < -0.3 is 19.5 Å². The Balaban J connectivity index is 2.57. The Morgan fingerprint density at radius 2 is 2.25 bits per heavy atom. The van der Waals surface area contributed by atoms with Gasteiger partial charge in [0.1, 0.15) is 6.10 Å². The van der Waals surface area contributed by atoms with Crippen LogP contribution in [0.1, 0.15) is 19.8 Å². The van der Waals surface area contributed by atoms with Gasteiger partial charge in [-0.1, -0.05) is 0 Å². The molecule has 1 heterocycles. The van der Waals surface area contributed by atoms with E-state index in [4.69, 9.17) is 14.7 Å². The van der Waals surface area contributed by atoms with Gasteiger partial charge >= 0.3 is 0 Å². The van der Waals surface area contributed by atoms with Crippen LogP contribution in [0, 0.1) is 11.3 Å². The first kappa shape index (κ1) is 13.4. The molecular weight excluding hydrogens is 208 g/mol. The zero-order valence-corrected chi connectivity index (χ0v) is 10.1.